The summed E-state index contributed by atoms with van der Waals surface area (Å²) in [6.45, 7) is 4.40. The van der Waals surface area contributed by atoms with Crippen molar-refractivity contribution in [1.82, 2.24) is 10.6 Å². The van der Waals surface area contributed by atoms with Gasteiger partial charge >= 0.3 is 0 Å². The average Bonchev–Trinajstić information content (AvgIpc) is 2.33. The molecule has 1 amide bonds. The van der Waals surface area contributed by atoms with E-state index in [4.69, 9.17) is 0 Å². The average molecular weight is 252 g/mol. The highest BCUT2D eigenvalue weighted by Crippen LogP contribution is 2.16. The summed E-state index contributed by atoms with van der Waals surface area (Å²) in [5, 5.41) is 5.86. The van der Waals surface area contributed by atoms with Crippen molar-refractivity contribution in [2.24, 2.45) is 0 Å². The molecule has 2 N–H and O–H groups in total. The van der Waals surface area contributed by atoms with Crippen LogP contribution in [-0.2, 0) is 4.79 Å². The van der Waals surface area contributed by atoms with Gasteiger partial charge in [-0.15, -0.1) is 0 Å². The van der Waals surface area contributed by atoms with Crippen molar-refractivity contribution in [2.45, 2.75) is 32.7 Å². The predicted octanol–water partition coefficient (Wildman–Crippen LogP) is 2.31. The van der Waals surface area contributed by atoms with Crippen LogP contribution in [-0.4, -0.2) is 19.5 Å². The maximum absolute atomic E-state index is 13.4. The molecule has 0 saturated heterocycles. The molecule has 0 heterocycles. The Labute approximate surface area is 108 Å². The Morgan fingerprint density at radius 1 is 1.44 bits per heavy atom. The molecule has 1 unspecified atom stereocenters. The summed E-state index contributed by atoms with van der Waals surface area (Å²) >= 11 is 0. The number of hydrogen-bond donors (Lipinski definition) is 2. The maximum Gasteiger partial charge on any atom is 0.220 e. The minimum absolute atomic E-state index is 0.00117. The molecule has 100 valence electrons. The largest absolute Gasteiger partial charge is 0.350 e. The first-order valence-corrected chi connectivity index (χ1v) is 6.24. The third-order valence-corrected chi connectivity index (χ3v) is 2.90. The normalized spacial score (nSPS) is 12.2. The highest BCUT2D eigenvalue weighted by atomic mass is 19.1. The molecular formula is C14H21FN2O. The standard InChI is InChI=1S/C14H21FN2O/c1-10-6-7-12(9-13(10)15)11(2)17-14(18)5-4-8-16-3/h6-7,9,11,16H,4-5,8H2,1-3H3,(H,17,18). The molecule has 0 aliphatic carbocycles. The number of halogens is 1. The van der Waals surface area contributed by atoms with Crippen molar-refractivity contribution in [2.75, 3.05) is 13.6 Å². The van der Waals surface area contributed by atoms with Crippen molar-refractivity contribution in [1.29, 1.82) is 0 Å². The Kier molecular flexibility index (Phi) is 5.78. The lowest BCUT2D eigenvalue weighted by Gasteiger charge is -2.15. The lowest BCUT2D eigenvalue weighted by atomic mass is 10.1. The Morgan fingerprint density at radius 3 is 2.78 bits per heavy atom. The van der Waals surface area contributed by atoms with Gasteiger partial charge in [-0.05, 0) is 51.1 Å². The summed E-state index contributed by atoms with van der Waals surface area (Å²) < 4.78 is 13.4. The van der Waals surface area contributed by atoms with Crippen molar-refractivity contribution in [3.05, 3.63) is 35.1 Å². The second-order valence-corrected chi connectivity index (χ2v) is 4.50. The van der Waals surface area contributed by atoms with E-state index in [0.717, 1.165) is 18.5 Å². The second kappa shape index (κ2) is 7.11. The van der Waals surface area contributed by atoms with E-state index in [2.05, 4.69) is 10.6 Å². The molecule has 0 saturated carbocycles. The van der Waals surface area contributed by atoms with Gasteiger partial charge in [0.25, 0.3) is 0 Å². The van der Waals surface area contributed by atoms with Gasteiger partial charge in [0.2, 0.25) is 5.91 Å². The SMILES string of the molecule is CNCCCC(=O)NC(C)c1ccc(C)c(F)c1. The molecule has 1 rings (SSSR count). The van der Waals surface area contributed by atoms with E-state index in [1.165, 1.54) is 6.07 Å². The Bertz CT molecular complexity index is 407. The Hall–Kier alpha value is -1.42. The number of aryl methyl sites for hydroxylation is 1. The molecule has 0 aliphatic heterocycles. The third kappa shape index (κ3) is 4.45. The smallest absolute Gasteiger partial charge is 0.220 e. The molecule has 3 nitrogen and oxygen atoms in total. The Morgan fingerprint density at radius 2 is 2.17 bits per heavy atom. The van der Waals surface area contributed by atoms with Crippen LogP contribution in [0.4, 0.5) is 4.39 Å². The summed E-state index contributed by atoms with van der Waals surface area (Å²) in [6, 6.07) is 4.89. The highest BCUT2D eigenvalue weighted by molar-refractivity contribution is 5.76. The van der Waals surface area contributed by atoms with Gasteiger partial charge in [0.15, 0.2) is 0 Å². The molecule has 0 aromatic heterocycles. The third-order valence-electron chi connectivity index (χ3n) is 2.90. The lowest BCUT2D eigenvalue weighted by Crippen LogP contribution is -2.27. The zero-order chi connectivity index (χ0) is 13.5. The topological polar surface area (TPSA) is 41.1 Å². The molecular weight excluding hydrogens is 231 g/mol. The van der Waals surface area contributed by atoms with Crippen molar-refractivity contribution in [3.63, 3.8) is 0 Å². The van der Waals surface area contributed by atoms with E-state index in [1.807, 2.05) is 20.0 Å². The van der Waals surface area contributed by atoms with Crippen LogP contribution in [0.2, 0.25) is 0 Å². The summed E-state index contributed by atoms with van der Waals surface area (Å²) in [5.74, 6) is -0.234. The molecule has 0 fully saturated rings. The molecule has 1 aromatic rings. The van der Waals surface area contributed by atoms with Gasteiger partial charge in [0.05, 0.1) is 6.04 Å². The van der Waals surface area contributed by atoms with Gasteiger partial charge in [0, 0.05) is 6.42 Å². The summed E-state index contributed by atoms with van der Waals surface area (Å²) in [5.41, 5.74) is 1.41. The van der Waals surface area contributed by atoms with Crippen LogP contribution in [0.5, 0.6) is 0 Å². The van der Waals surface area contributed by atoms with Crippen LogP contribution in [0.25, 0.3) is 0 Å². The molecule has 1 aromatic carbocycles. The van der Waals surface area contributed by atoms with E-state index in [1.54, 1.807) is 13.0 Å². The number of rotatable bonds is 6. The first-order chi connectivity index (χ1) is 8.54. The van der Waals surface area contributed by atoms with Gasteiger partial charge in [-0.1, -0.05) is 12.1 Å². The lowest BCUT2D eigenvalue weighted by molar-refractivity contribution is -0.121. The minimum atomic E-state index is -0.233. The zero-order valence-electron chi connectivity index (χ0n) is 11.2. The number of carbonyl (C=O) groups excluding carboxylic acids is 1. The number of hydrogen-bond acceptors (Lipinski definition) is 2. The molecule has 0 aliphatic rings. The van der Waals surface area contributed by atoms with Gasteiger partial charge < -0.3 is 10.6 Å². The van der Waals surface area contributed by atoms with E-state index in [9.17, 15) is 9.18 Å². The van der Waals surface area contributed by atoms with Gasteiger partial charge in [-0.3, -0.25) is 4.79 Å². The molecule has 18 heavy (non-hydrogen) atoms. The fourth-order valence-corrected chi connectivity index (χ4v) is 1.70. The van der Waals surface area contributed by atoms with E-state index in [-0.39, 0.29) is 17.8 Å². The molecule has 1 atom stereocenters. The molecule has 0 spiro atoms. The van der Waals surface area contributed by atoms with Crippen LogP contribution in [0.1, 0.15) is 36.9 Å². The Balaban J connectivity index is 2.51. The monoisotopic (exact) mass is 252 g/mol. The first kappa shape index (κ1) is 14.6. The quantitative estimate of drug-likeness (QED) is 0.763. The van der Waals surface area contributed by atoms with Crippen molar-refractivity contribution in [3.8, 4) is 0 Å². The summed E-state index contributed by atoms with van der Waals surface area (Å²) in [4.78, 5) is 11.6. The van der Waals surface area contributed by atoms with Crippen molar-refractivity contribution < 1.29 is 9.18 Å². The maximum atomic E-state index is 13.4. The van der Waals surface area contributed by atoms with Gasteiger partial charge in [-0.25, -0.2) is 4.39 Å². The number of nitrogens with one attached hydrogen (secondary N) is 2. The second-order valence-electron chi connectivity index (χ2n) is 4.50. The van der Waals surface area contributed by atoms with Crippen LogP contribution in [0.3, 0.4) is 0 Å². The van der Waals surface area contributed by atoms with Crippen molar-refractivity contribution >= 4 is 5.91 Å². The summed E-state index contributed by atoms with van der Waals surface area (Å²) in [6.07, 6.45) is 1.29. The van der Waals surface area contributed by atoms with Crippen LogP contribution in [0, 0.1) is 12.7 Å². The minimum Gasteiger partial charge on any atom is -0.350 e. The number of carbonyl (C=O) groups is 1. The highest BCUT2D eigenvalue weighted by Gasteiger charge is 2.10. The van der Waals surface area contributed by atoms with Gasteiger partial charge in [0.1, 0.15) is 5.82 Å². The molecule has 0 bridgehead atoms. The number of benzene rings is 1. The van der Waals surface area contributed by atoms with Gasteiger partial charge in [-0.2, -0.15) is 0 Å². The van der Waals surface area contributed by atoms with Crippen LogP contribution in [0.15, 0.2) is 18.2 Å². The molecule has 0 radical (unpaired) electrons. The zero-order valence-corrected chi connectivity index (χ0v) is 11.2. The fraction of sp³-hybridized carbons (Fsp3) is 0.500. The van der Waals surface area contributed by atoms with Crippen LogP contribution < -0.4 is 10.6 Å². The predicted molar refractivity (Wildman–Crippen MR) is 70.9 cm³/mol. The van der Waals surface area contributed by atoms with Crippen LogP contribution >= 0.6 is 0 Å². The van der Waals surface area contributed by atoms with E-state index < -0.39 is 0 Å². The number of amides is 1. The van der Waals surface area contributed by atoms with E-state index in [0.29, 0.717) is 12.0 Å². The fourth-order valence-electron chi connectivity index (χ4n) is 1.70. The molecule has 4 heteroatoms. The first-order valence-electron chi connectivity index (χ1n) is 6.24. The summed E-state index contributed by atoms with van der Waals surface area (Å²) in [7, 11) is 1.86. The van der Waals surface area contributed by atoms with E-state index >= 15 is 0 Å².